The normalized spacial score (nSPS) is 14.4. The number of hydrogen-bond donors (Lipinski definition) is 1. The number of halogens is 3. The van der Waals surface area contributed by atoms with Gasteiger partial charge in [0, 0.05) is 17.8 Å². The van der Waals surface area contributed by atoms with E-state index in [4.69, 9.17) is 16.3 Å². The average Bonchev–Trinajstić information content (AvgIpc) is 3.58. The van der Waals surface area contributed by atoms with Gasteiger partial charge in [0.25, 0.3) is 0 Å². The van der Waals surface area contributed by atoms with E-state index < -0.39 is 18.9 Å². The number of fused-ring (bicyclic) bond motifs is 1. The summed E-state index contributed by atoms with van der Waals surface area (Å²) in [7, 11) is 0. The van der Waals surface area contributed by atoms with Gasteiger partial charge in [-0.25, -0.2) is 9.48 Å². The van der Waals surface area contributed by atoms with Crippen LogP contribution in [0.4, 0.5) is 8.78 Å². The van der Waals surface area contributed by atoms with Crippen molar-refractivity contribution in [2.45, 2.75) is 45.0 Å². The van der Waals surface area contributed by atoms with Crippen molar-refractivity contribution in [3.8, 4) is 11.4 Å². The molecule has 0 aliphatic heterocycles. The van der Waals surface area contributed by atoms with Crippen LogP contribution >= 0.6 is 11.6 Å². The van der Waals surface area contributed by atoms with E-state index in [0.717, 1.165) is 22.4 Å². The third-order valence-electron chi connectivity index (χ3n) is 6.21. The lowest BCUT2D eigenvalue weighted by atomic mass is 9.98. The van der Waals surface area contributed by atoms with Gasteiger partial charge in [-0.1, -0.05) is 23.7 Å². The number of aryl methyl sites for hydroxylation is 1. The monoisotopic (exact) mass is 513 g/mol. The fraction of sp³-hybridized carbons (Fsp3) is 0.269. The number of pyridine rings is 1. The van der Waals surface area contributed by atoms with E-state index in [0.29, 0.717) is 28.3 Å². The van der Waals surface area contributed by atoms with Crippen molar-refractivity contribution < 1.29 is 28.2 Å². The summed E-state index contributed by atoms with van der Waals surface area (Å²) < 4.78 is 36.7. The zero-order chi connectivity index (χ0) is 25.4. The van der Waals surface area contributed by atoms with E-state index in [2.05, 4.69) is 21.0 Å². The number of nitrogens with zero attached hydrogens (tertiary/aromatic N) is 3. The summed E-state index contributed by atoms with van der Waals surface area (Å²) >= 11 is 6.30. The molecule has 1 saturated carbocycles. The number of rotatable bonds is 9. The first-order valence-electron chi connectivity index (χ1n) is 11.3. The highest BCUT2D eigenvalue weighted by Gasteiger charge is 2.27. The Morgan fingerprint density at radius 2 is 1.94 bits per heavy atom. The van der Waals surface area contributed by atoms with Gasteiger partial charge in [0.2, 0.25) is 0 Å². The minimum absolute atomic E-state index is 0.0368. The second-order valence-electron chi connectivity index (χ2n) is 8.70. The van der Waals surface area contributed by atoms with Gasteiger partial charge in [0.1, 0.15) is 5.75 Å². The maximum Gasteiger partial charge on any atom is 0.374 e. The Hall–Kier alpha value is -3.56. The van der Waals surface area contributed by atoms with E-state index >= 15 is 0 Å². The Morgan fingerprint density at radius 1 is 1.19 bits per heavy atom. The summed E-state index contributed by atoms with van der Waals surface area (Å²) in [6.45, 7) is -1.49. The number of ether oxygens (including phenoxy) is 2. The minimum atomic E-state index is -3.32. The topological polar surface area (TPSA) is 86.5 Å². The molecular formula is C26H22ClF2N3O4. The van der Waals surface area contributed by atoms with Gasteiger partial charge < -0.3 is 9.84 Å². The molecule has 1 N–H and O–H groups in total. The highest BCUT2D eigenvalue weighted by atomic mass is 35.5. The predicted molar refractivity (Wildman–Crippen MR) is 129 cm³/mol. The number of carboxylic acid groups (broad SMARTS) is 1. The highest BCUT2D eigenvalue weighted by Crippen LogP contribution is 2.40. The van der Waals surface area contributed by atoms with Gasteiger partial charge in [-0.15, -0.1) is 0 Å². The van der Waals surface area contributed by atoms with Crippen molar-refractivity contribution in [1.29, 1.82) is 0 Å². The molecule has 5 rings (SSSR count). The van der Waals surface area contributed by atoms with Crippen LogP contribution in [-0.4, -0.2) is 38.7 Å². The Kier molecular flexibility index (Phi) is 6.59. The molecule has 0 saturated heterocycles. The summed E-state index contributed by atoms with van der Waals surface area (Å²) in [4.78, 5) is 15.8. The van der Waals surface area contributed by atoms with Crippen molar-refractivity contribution in [2.75, 3.05) is 0 Å². The third kappa shape index (κ3) is 5.03. The van der Waals surface area contributed by atoms with Gasteiger partial charge >= 0.3 is 18.9 Å². The van der Waals surface area contributed by atoms with Crippen LogP contribution in [0, 0.1) is 6.92 Å². The third-order valence-corrected chi connectivity index (χ3v) is 6.51. The molecule has 0 amide bonds. The Labute approximate surface area is 210 Å². The van der Waals surface area contributed by atoms with Crippen LogP contribution in [0.3, 0.4) is 0 Å². The zero-order valence-electron chi connectivity index (χ0n) is 19.2. The van der Waals surface area contributed by atoms with Crippen LogP contribution < -0.4 is 4.74 Å². The van der Waals surface area contributed by atoms with Gasteiger partial charge in [0.15, 0.2) is 0 Å². The van der Waals surface area contributed by atoms with Crippen LogP contribution in [-0.2, 0) is 16.0 Å². The largest absolute Gasteiger partial charge is 0.477 e. The maximum atomic E-state index is 12.7. The molecule has 4 aromatic rings. The number of aliphatic carboxylic acids is 1. The molecule has 0 spiro atoms. The molecule has 36 heavy (non-hydrogen) atoms. The molecule has 2 heterocycles. The van der Waals surface area contributed by atoms with Crippen molar-refractivity contribution in [3.63, 3.8) is 0 Å². The van der Waals surface area contributed by atoms with E-state index in [1.807, 2.05) is 42.1 Å². The SMILES string of the molecule is Cc1c(Cc2ccc(-n3cc(C4CC4)cn3)cc2)cnc2c(Cl)ccc(OC(OC(F)F)C(=O)O)c12. The summed E-state index contributed by atoms with van der Waals surface area (Å²) in [5.41, 5.74) is 5.20. The quantitative estimate of drug-likeness (QED) is 0.281. The van der Waals surface area contributed by atoms with Crippen LogP contribution in [0.2, 0.25) is 5.02 Å². The molecular weight excluding hydrogens is 492 g/mol. The fourth-order valence-corrected chi connectivity index (χ4v) is 4.36. The molecule has 2 aromatic heterocycles. The standard InChI is InChI=1S/C26H22ClF2N3O4/c1-14-17(10-15-2-6-19(7-3-15)32-13-18(12-31-32)16-4-5-16)11-30-23-20(27)8-9-21(22(14)23)35-25(24(33)34)36-26(28)29/h2-3,6-9,11-13,16,25-26H,4-5,10H2,1H3,(H,33,34). The second kappa shape index (κ2) is 9.83. The first-order chi connectivity index (χ1) is 17.3. The molecule has 1 fully saturated rings. The smallest absolute Gasteiger partial charge is 0.374 e. The van der Waals surface area contributed by atoms with E-state index in [-0.39, 0.29) is 5.75 Å². The summed E-state index contributed by atoms with van der Waals surface area (Å²) in [6.07, 6.45) is 6.46. The van der Waals surface area contributed by atoms with Crippen molar-refractivity contribution in [2.24, 2.45) is 0 Å². The molecule has 0 radical (unpaired) electrons. The van der Waals surface area contributed by atoms with Gasteiger partial charge in [-0.05, 0) is 78.6 Å². The summed E-state index contributed by atoms with van der Waals surface area (Å²) in [6, 6.07) is 10.9. The number of carbonyl (C=O) groups is 1. The number of carboxylic acids is 1. The number of alkyl halides is 2. The highest BCUT2D eigenvalue weighted by molar-refractivity contribution is 6.35. The van der Waals surface area contributed by atoms with Crippen molar-refractivity contribution in [3.05, 3.63) is 82.3 Å². The Bertz CT molecular complexity index is 1420. The van der Waals surface area contributed by atoms with Gasteiger partial charge in [-0.2, -0.15) is 13.9 Å². The Morgan fingerprint density at radius 3 is 2.61 bits per heavy atom. The lowest BCUT2D eigenvalue weighted by Crippen LogP contribution is -2.32. The van der Waals surface area contributed by atoms with E-state index in [1.165, 1.54) is 30.5 Å². The lowest BCUT2D eigenvalue weighted by molar-refractivity contribution is -0.226. The minimum Gasteiger partial charge on any atom is -0.477 e. The Balaban J connectivity index is 1.43. The number of benzene rings is 2. The fourth-order valence-electron chi connectivity index (χ4n) is 4.15. The number of aromatic nitrogens is 3. The van der Waals surface area contributed by atoms with Crippen LogP contribution in [0.15, 0.2) is 55.0 Å². The van der Waals surface area contributed by atoms with Gasteiger partial charge in [-0.3, -0.25) is 9.72 Å². The van der Waals surface area contributed by atoms with Crippen molar-refractivity contribution >= 4 is 28.5 Å². The molecule has 0 bridgehead atoms. The molecule has 7 nitrogen and oxygen atoms in total. The first-order valence-corrected chi connectivity index (χ1v) is 11.7. The predicted octanol–water partition coefficient (Wildman–Crippen LogP) is 5.88. The van der Waals surface area contributed by atoms with Gasteiger partial charge in [0.05, 0.1) is 22.4 Å². The first kappa shape index (κ1) is 24.1. The van der Waals surface area contributed by atoms with E-state index in [9.17, 15) is 18.7 Å². The summed E-state index contributed by atoms with van der Waals surface area (Å²) in [5.74, 6) is -1.01. The molecule has 186 valence electrons. The van der Waals surface area contributed by atoms with Crippen LogP contribution in [0.5, 0.6) is 5.75 Å². The van der Waals surface area contributed by atoms with Crippen LogP contribution in [0.25, 0.3) is 16.6 Å². The van der Waals surface area contributed by atoms with E-state index in [1.54, 1.807) is 6.20 Å². The second-order valence-corrected chi connectivity index (χ2v) is 9.11. The molecule has 2 aromatic carbocycles. The van der Waals surface area contributed by atoms with Crippen LogP contribution in [0.1, 0.15) is 41.0 Å². The number of hydrogen-bond acceptors (Lipinski definition) is 5. The molecule has 1 atom stereocenters. The lowest BCUT2D eigenvalue weighted by Gasteiger charge is -2.18. The molecule has 1 unspecified atom stereocenters. The van der Waals surface area contributed by atoms with Crippen molar-refractivity contribution in [1.82, 2.24) is 14.8 Å². The average molecular weight is 514 g/mol. The zero-order valence-corrected chi connectivity index (χ0v) is 20.0. The molecule has 1 aliphatic rings. The maximum absolute atomic E-state index is 12.7. The molecule has 1 aliphatic carbocycles. The summed E-state index contributed by atoms with van der Waals surface area (Å²) in [5, 5.41) is 14.5. The molecule has 10 heteroatoms.